The van der Waals surface area contributed by atoms with Crippen molar-refractivity contribution in [3.8, 4) is 5.75 Å². The summed E-state index contributed by atoms with van der Waals surface area (Å²) in [6, 6.07) is 4.75. The Morgan fingerprint density at radius 2 is 2.00 bits per heavy atom. The number of rotatable bonds is 7. The molecule has 0 fully saturated rings. The molecular weight excluding hydrogens is 311 g/mol. The molecule has 0 radical (unpaired) electrons. The standard InChI is InChI=1S/C15H18F3N3O2/c1-3-23-8-4-7-19-13-11-6-5-10(22-2)9-12(11)20-14(21-13)15(16,17)18/h5-6,9H,3-4,7-8H2,1-2H3,(H,19,20,21). The predicted octanol–water partition coefficient (Wildman–Crippen LogP) is 3.50. The van der Waals surface area contributed by atoms with Crippen LogP contribution in [0, 0.1) is 0 Å². The van der Waals surface area contributed by atoms with Crippen molar-refractivity contribution in [3.63, 3.8) is 0 Å². The number of hydrogen-bond donors (Lipinski definition) is 1. The fraction of sp³-hybridized carbons (Fsp3) is 0.467. The maximum absolute atomic E-state index is 13.0. The number of hydrogen-bond acceptors (Lipinski definition) is 5. The molecule has 0 unspecified atom stereocenters. The predicted molar refractivity (Wildman–Crippen MR) is 80.7 cm³/mol. The Morgan fingerprint density at radius 1 is 1.22 bits per heavy atom. The van der Waals surface area contributed by atoms with Crippen molar-refractivity contribution in [3.05, 3.63) is 24.0 Å². The van der Waals surface area contributed by atoms with Crippen LogP contribution in [-0.2, 0) is 10.9 Å². The van der Waals surface area contributed by atoms with E-state index >= 15 is 0 Å². The van der Waals surface area contributed by atoms with Crippen LogP contribution in [0.4, 0.5) is 19.0 Å². The monoisotopic (exact) mass is 329 g/mol. The van der Waals surface area contributed by atoms with E-state index in [9.17, 15) is 13.2 Å². The lowest BCUT2D eigenvalue weighted by molar-refractivity contribution is -0.144. The van der Waals surface area contributed by atoms with Crippen LogP contribution in [0.5, 0.6) is 5.75 Å². The van der Waals surface area contributed by atoms with E-state index in [1.807, 2.05) is 6.92 Å². The van der Waals surface area contributed by atoms with Crippen molar-refractivity contribution in [1.29, 1.82) is 0 Å². The first-order valence-electron chi connectivity index (χ1n) is 7.20. The number of methoxy groups -OCH3 is 1. The highest BCUT2D eigenvalue weighted by atomic mass is 19.4. The van der Waals surface area contributed by atoms with Crippen molar-refractivity contribution in [2.75, 3.05) is 32.2 Å². The topological polar surface area (TPSA) is 56.3 Å². The van der Waals surface area contributed by atoms with E-state index < -0.39 is 12.0 Å². The summed E-state index contributed by atoms with van der Waals surface area (Å²) in [5.41, 5.74) is 0.180. The third-order valence-corrected chi connectivity index (χ3v) is 3.12. The lowest BCUT2D eigenvalue weighted by atomic mass is 10.2. The Bertz CT molecular complexity index is 662. The number of aromatic nitrogens is 2. The third-order valence-electron chi connectivity index (χ3n) is 3.12. The average Bonchev–Trinajstić information content (AvgIpc) is 2.52. The fourth-order valence-corrected chi connectivity index (χ4v) is 2.02. The van der Waals surface area contributed by atoms with Crippen molar-refractivity contribution < 1.29 is 22.6 Å². The van der Waals surface area contributed by atoms with Crippen molar-refractivity contribution in [1.82, 2.24) is 9.97 Å². The summed E-state index contributed by atoms with van der Waals surface area (Å²) in [6.07, 6.45) is -3.95. The van der Waals surface area contributed by atoms with E-state index in [-0.39, 0.29) is 11.3 Å². The van der Waals surface area contributed by atoms with Crippen molar-refractivity contribution in [2.24, 2.45) is 0 Å². The second-order valence-electron chi connectivity index (χ2n) is 4.75. The Kier molecular flexibility index (Phi) is 5.59. The summed E-state index contributed by atoms with van der Waals surface area (Å²) in [5.74, 6) is -0.585. The zero-order valence-corrected chi connectivity index (χ0v) is 12.9. The van der Waals surface area contributed by atoms with Gasteiger partial charge in [0.15, 0.2) is 0 Å². The van der Waals surface area contributed by atoms with Crippen LogP contribution in [0.1, 0.15) is 19.2 Å². The Hall–Kier alpha value is -2.09. The number of halogens is 3. The van der Waals surface area contributed by atoms with E-state index in [1.165, 1.54) is 13.2 Å². The van der Waals surface area contributed by atoms with Gasteiger partial charge in [-0.15, -0.1) is 0 Å². The number of nitrogens with one attached hydrogen (secondary N) is 1. The molecule has 0 aliphatic heterocycles. The van der Waals surface area contributed by atoms with Gasteiger partial charge in [-0.3, -0.25) is 0 Å². The average molecular weight is 329 g/mol. The van der Waals surface area contributed by atoms with E-state index in [0.717, 1.165) is 0 Å². The normalized spacial score (nSPS) is 11.7. The summed E-state index contributed by atoms with van der Waals surface area (Å²) >= 11 is 0. The van der Waals surface area contributed by atoms with Gasteiger partial charge in [0.05, 0.1) is 12.6 Å². The minimum Gasteiger partial charge on any atom is -0.497 e. The molecule has 0 spiro atoms. The van der Waals surface area contributed by atoms with Gasteiger partial charge in [0.2, 0.25) is 5.82 Å². The van der Waals surface area contributed by atoms with Crippen molar-refractivity contribution >= 4 is 16.7 Å². The summed E-state index contributed by atoms with van der Waals surface area (Å²) in [4.78, 5) is 7.21. The first-order chi connectivity index (χ1) is 11.0. The van der Waals surface area contributed by atoms with Gasteiger partial charge >= 0.3 is 6.18 Å². The van der Waals surface area contributed by atoms with E-state index in [2.05, 4.69) is 15.3 Å². The summed E-state index contributed by atoms with van der Waals surface area (Å²) in [6.45, 7) is 3.48. The first kappa shape index (κ1) is 17.3. The SMILES string of the molecule is CCOCCCNc1nc(C(F)(F)F)nc2cc(OC)ccc12. The molecule has 0 amide bonds. The van der Waals surface area contributed by atoms with Gasteiger partial charge in [-0.05, 0) is 25.5 Å². The molecule has 1 aromatic heterocycles. The quantitative estimate of drug-likeness (QED) is 0.788. The van der Waals surface area contributed by atoms with Gasteiger partial charge in [-0.1, -0.05) is 0 Å². The first-order valence-corrected chi connectivity index (χ1v) is 7.20. The largest absolute Gasteiger partial charge is 0.497 e. The van der Waals surface area contributed by atoms with Crippen LogP contribution in [0.3, 0.4) is 0 Å². The fourth-order valence-electron chi connectivity index (χ4n) is 2.02. The number of alkyl halides is 3. The van der Waals surface area contributed by atoms with Gasteiger partial charge in [0.25, 0.3) is 0 Å². The number of ether oxygens (including phenoxy) is 2. The van der Waals surface area contributed by atoms with E-state index in [4.69, 9.17) is 9.47 Å². The minimum atomic E-state index is -4.61. The molecule has 0 atom stereocenters. The smallest absolute Gasteiger partial charge is 0.451 e. The maximum atomic E-state index is 13.0. The molecular formula is C15H18F3N3O2. The second-order valence-corrected chi connectivity index (χ2v) is 4.75. The highest BCUT2D eigenvalue weighted by Crippen LogP contribution is 2.31. The van der Waals surface area contributed by atoms with Crippen LogP contribution in [-0.4, -0.2) is 36.8 Å². The van der Waals surface area contributed by atoms with Crippen LogP contribution < -0.4 is 10.1 Å². The molecule has 8 heteroatoms. The molecule has 5 nitrogen and oxygen atoms in total. The van der Waals surface area contributed by atoms with Crippen LogP contribution in [0.15, 0.2) is 18.2 Å². The van der Waals surface area contributed by atoms with Gasteiger partial charge in [-0.25, -0.2) is 9.97 Å². The molecule has 1 aromatic carbocycles. The highest BCUT2D eigenvalue weighted by molar-refractivity contribution is 5.90. The molecule has 126 valence electrons. The molecule has 2 rings (SSSR count). The molecule has 0 saturated carbocycles. The summed E-state index contributed by atoms with van der Waals surface area (Å²) in [7, 11) is 1.44. The Labute approximate surface area is 131 Å². The molecule has 1 heterocycles. The zero-order chi connectivity index (χ0) is 16.9. The van der Waals surface area contributed by atoms with Gasteiger partial charge in [0, 0.05) is 31.2 Å². The molecule has 1 N–H and O–H groups in total. The molecule has 0 aliphatic carbocycles. The van der Waals surface area contributed by atoms with Crippen LogP contribution in [0.2, 0.25) is 0 Å². The van der Waals surface area contributed by atoms with Crippen LogP contribution in [0.25, 0.3) is 10.9 Å². The van der Waals surface area contributed by atoms with Crippen LogP contribution >= 0.6 is 0 Å². The number of fused-ring (bicyclic) bond motifs is 1. The second kappa shape index (κ2) is 7.45. The van der Waals surface area contributed by atoms with E-state index in [1.54, 1.807) is 12.1 Å². The number of nitrogens with zero attached hydrogens (tertiary/aromatic N) is 2. The highest BCUT2D eigenvalue weighted by Gasteiger charge is 2.35. The zero-order valence-electron chi connectivity index (χ0n) is 12.9. The van der Waals surface area contributed by atoms with Crippen molar-refractivity contribution in [2.45, 2.75) is 19.5 Å². The molecule has 23 heavy (non-hydrogen) atoms. The van der Waals surface area contributed by atoms with E-state index in [0.29, 0.717) is 37.3 Å². The minimum absolute atomic E-state index is 0.154. The summed E-state index contributed by atoms with van der Waals surface area (Å²) < 4.78 is 49.1. The van der Waals surface area contributed by atoms with Gasteiger partial charge in [0.1, 0.15) is 11.6 Å². The molecule has 0 aliphatic rings. The number of benzene rings is 1. The molecule has 2 aromatic rings. The van der Waals surface area contributed by atoms with Gasteiger partial charge in [-0.2, -0.15) is 13.2 Å². The Balaban J connectivity index is 2.32. The Morgan fingerprint density at radius 3 is 2.65 bits per heavy atom. The maximum Gasteiger partial charge on any atom is 0.451 e. The molecule has 0 saturated heterocycles. The number of anilines is 1. The lowest BCUT2D eigenvalue weighted by Gasteiger charge is -2.13. The third kappa shape index (κ3) is 4.44. The lowest BCUT2D eigenvalue weighted by Crippen LogP contribution is -2.14. The van der Waals surface area contributed by atoms with Gasteiger partial charge < -0.3 is 14.8 Å². The summed E-state index contributed by atoms with van der Waals surface area (Å²) in [5, 5.41) is 3.43. The molecule has 0 bridgehead atoms.